The highest BCUT2D eigenvalue weighted by molar-refractivity contribution is 7.08. The zero-order valence-corrected chi connectivity index (χ0v) is 4.74. The molecule has 1 aromatic heterocycles. The molecule has 9 heavy (non-hydrogen) atoms. The Morgan fingerprint density at radius 3 is 1.22 bits per heavy atom. The molecule has 0 fully saturated rings. The monoisotopic (exact) mass is 156 g/mol. The lowest BCUT2D eigenvalue weighted by atomic mass is 10.6. The second-order valence-electron chi connectivity index (χ2n) is 1.28. The smallest absolute Gasteiger partial charge is 0.199 e. The van der Waals surface area contributed by atoms with Crippen molar-refractivity contribution >= 4 is 11.3 Å². The van der Waals surface area contributed by atoms with Gasteiger partial charge in [-0.2, -0.15) is 17.6 Å². The molecule has 50 valence electrons. The van der Waals surface area contributed by atoms with Gasteiger partial charge in [-0.3, -0.25) is 0 Å². The van der Waals surface area contributed by atoms with E-state index in [0.717, 1.165) is 0 Å². The Balaban J connectivity index is 3.29. The van der Waals surface area contributed by atoms with Crippen molar-refractivity contribution in [3.8, 4) is 0 Å². The summed E-state index contributed by atoms with van der Waals surface area (Å²) in [6.45, 7) is 0. The quantitative estimate of drug-likeness (QED) is 0.505. The maximum Gasteiger partial charge on any atom is 0.218 e. The highest BCUT2D eigenvalue weighted by atomic mass is 32.1. The topological polar surface area (TPSA) is 0 Å². The molecule has 1 rings (SSSR count). The van der Waals surface area contributed by atoms with Crippen molar-refractivity contribution in [2.45, 2.75) is 0 Å². The number of halogens is 4. The molecule has 5 heteroatoms. The maximum atomic E-state index is 11.8. The third-order valence-electron chi connectivity index (χ3n) is 0.717. The minimum absolute atomic E-state index is 0.188. The standard InChI is InChI=1S/C4F4S/c5-1-2(6)4(8)9-3(1)7. The lowest BCUT2D eigenvalue weighted by Crippen LogP contribution is -1.78. The van der Waals surface area contributed by atoms with Crippen LogP contribution in [0, 0.1) is 21.9 Å². The Labute approximate surface area is 51.7 Å². The van der Waals surface area contributed by atoms with Crippen molar-refractivity contribution in [1.82, 2.24) is 0 Å². The van der Waals surface area contributed by atoms with Crippen molar-refractivity contribution in [1.29, 1.82) is 0 Å². The maximum absolute atomic E-state index is 11.8. The van der Waals surface area contributed by atoms with E-state index in [2.05, 4.69) is 0 Å². The SMILES string of the molecule is Fc1sc(F)c(F)c1F. The van der Waals surface area contributed by atoms with E-state index in [0.29, 0.717) is 0 Å². The molecule has 0 N–H and O–H groups in total. The Hall–Kier alpha value is -0.580. The van der Waals surface area contributed by atoms with Gasteiger partial charge in [0.15, 0.2) is 0 Å². The summed E-state index contributed by atoms with van der Waals surface area (Å²) in [5, 5.41) is -2.91. The summed E-state index contributed by atoms with van der Waals surface area (Å²) in [5.41, 5.74) is 0. The van der Waals surface area contributed by atoms with Gasteiger partial charge in [-0.05, 0) is 0 Å². The van der Waals surface area contributed by atoms with Gasteiger partial charge in [0.25, 0.3) is 0 Å². The van der Waals surface area contributed by atoms with Crippen LogP contribution >= 0.6 is 11.3 Å². The average molecular weight is 156 g/mol. The number of thiophene rings is 1. The first-order chi connectivity index (χ1) is 4.13. The van der Waals surface area contributed by atoms with Gasteiger partial charge >= 0.3 is 0 Å². The minimum atomic E-state index is -1.74. The van der Waals surface area contributed by atoms with Crippen LogP contribution in [0.5, 0.6) is 0 Å². The van der Waals surface area contributed by atoms with E-state index in [1.165, 1.54) is 0 Å². The molecule has 1 aromatic rings. The summed E-state index contributed by atoms with van der Waals surface area (Å²) < 4.78 is 47.1. The van der Waals surface area contributed by atoms with E-state index in [4.69, 9.17) is 0 Å². The van der Waals surface area contributed by atoms with Crippen LogP contribution in [0.2, 0.25) is 0 Å². The van der Waals surface area contributed by atoms with Gasteiger partial charge in [0, 0.05) is 0 Å². The van der Waals surface area contributed by atoms with E-state index in [1.54, 1.807) is 0 Å². The summed E-state index contributed by atoms with van der Waals surface area (Å²) in [6.07, 6.45) is 0. The lowest BCUT2D eigenvalue weighted by Gasteiger charge is -1.75. The predicted octanol–water partition coefficient (Wildman–Crippen LogP) is 2.30. The molecule has 0 radical (unpaired) electrons. The third kappa shape index (κ3) is 0.917. The Bertz CT molecular complexity index is 206. The fourth-order valence-corrected chi connectivity index (χ4v) is 0.857. The second-order valence-corrected chi connectivity index (χ2v) is 2.20. The molecule has 0 unspecified atom stereocenters. The second kappa shape index (κ2) is 1.98. The first kappa shape index (κ1) is 6.54. The van der Waals surface area contributed by atoms with Gasteiger partial charge < -0.3 is 0 Å². The molecule has 0 aliphatic rings. The predicted molar refractivity (Wildman–Crippen MR) is 24.2 cm³/mol. The van der Waals surface area contributed by atoms with Crippen molar-refractivity contribution in [3.63, 3.8) is 0 Å². The largest absolute Gasteiger partial charge is 0.218 e. The van der Waals surface area contributed by atoms with Crippen molar-refractivity contribution in [2.24, 2.45) is 0 Å². The van der Waals surface area contributed by atoms with Crippen LogP contribution in [0.1, 0.15) is 0 Å². The molecular weight excluding hydrogens is 156 g/mol. The molecular formula is C4F4S. The molecule has 0 aromatic carbocycles. The molecule has 0 aliphatic carbocycles. The van der Waals surface area contributed by atoms with Gasteiger partial charge in [-0.25, -0.2) is 0 Å². The van der Waals surface area contributed by atoms with Gasteiger partial charge in [0.1, 0.15) is 0 Å². The number of rotatable bonds is 0. The van der Waals surface area contributed by atoms with Crippen molar-refractivity contribution in [3.05, 3.63) is 21.9 Å². The summed E-state index contributed by atoms with van der Waals surface area (Å²) in [6, 6.07) is 0. The molecule has 1 heterocycles. The van der Waals surface area contributed by atoms with Crippen LogP contribution in [0.15, 0.2) is 0 Å². The average Bonchev–Trinajstić information content (AvgIpc) is 1.98. The fourth-order valence-electron chi connectivity index (χ4n) is 0.341. The molecule has 0 saturated carbocycles. The van der Waals surface area contributed by atoms with Gasteiger partial charge in [0.2, 0.25) is 21.9 Å². The molecule has 0 aliphatic heterocycles. The molecule has 0 amide bonds. The Morgan fingerprint density at radius 1 is 0.778 bits per heavy atom. The van der Waals surface area contributed by atoms with E-state index < -0.39 is 21.9 Å². The Kier molecular flexibility index (Phi) is 1.44. The third-order valence-corrected chi connectivity index (χ3v) is 1.43. The van der Waals surface area contributed by atoms with Crippen molar-refractivity contribution in [2.75, 3.05) is 0 Å². The van der Waals surface area contributed by atoms with Gasteiger partial charge in [0.05, 0.1) is 0 Å². The number of hydrogen-bond acceptors (Lipinski definition) is 1. The van der Waals surface area contributed by atoms with Crippen LogP contribution in [0.3, 0.4) is 0 Å². The van der Waals surface area contributed by atoms with Gasteiger partial charge in [-0.1, -0.05) is 11.3 Å². The normalized spacial score (nSPS) is 10.2. The molecule has 0 nitrogen and oxygen atoms in total. The highest BCUT2D eigenvalue weighted by Gasteiger charge is 2.17. The lowest BCUT2D eigenvalue weighted by molar-refractivity contribution is 0.440. The minimum Gasteiger partial charge on any atom is -0.199 e. The molecule has 0 atom stereocenters. The first-order valence-corrected chi connectivity index (χ1v) is 2.73. The van der Waals surface area contributed by atoms with Crippen molar-refractivity contribution < 1.29 is 17.6 Å². The summed E-state index contributed by atoms with van der Waals surface area (Å²) in [5.74, 6) is -3.48. The van der Waals surface area contributed by atoms with Crippen LogP contribution in [0.25, 0.3) is 0 Å². The van der Waals surface area contributed by atoms with E-state index in [9.17, 15) is 17.6 Å². The summed E-state index contributed by atoms with van der Waals surface area (Å²) in [7, 11) is 0. The molecule has 0 saturated heterocycles. The van der Waals surface area contributed by atoms with Crippen LogP contribution < -0.4 is 0 Å². The molecule has 0 bridgehead atoms. The van der Waals surface area contributed by atoms with Crippen LogP contribution in [-0.2, 0) is 0 Å². The summed E-state index contributed by atoms with van der Waals surface area (Å²) >= 11 is -0.188. The Morgan fingerprint density at radius 2 is 1.11 bits per heavy atom. The first-order valence-electron chi connectivity index (χ1n) is 1.91. The van der Waals surface area contributed by atoms with Crippen LogP contribution in [0.4, 0.5) is 17.6 Å². The van der Waals surface area contributed by atoms with Gasteiger partial charge in [-0.15, -0.1) is 0 Å². The van der Waals surface area contributed by atoms with E-state index in [1.807, 2.05) is 0 Å². The van der Waals surface area contributed by atoms with Crippen LogP contribution in [-0.4, -0.2) is 0 Å². The fraction of sp³-hybridized carbons (Fsp3) is 0. The number of hydrogen-bond donors (Lipinski definition) is 0. The van der Waals surface area contributed by atoms with E-state index in [-0.39, 0.29) is 11.3 Å². The van der Waals surface area contributed by atoms with E-state index >= 15 is 0 Å². The zero-order valence-electron chi connectivity index (χ0n) is 3.92. The highest BCUT2D eigenvalue weighted by Crippen LogP contribution is 2.21. The zero-order chi connectivity index (χ0) is 7.02. The summed E-state index contributed by atoms with van der Waals surface area (Å²) in [4.78, 5) is 0. The molecule has 0 spiro atoms.